The third-order valence-electron chi connectivity index (χ3n) is 3.92. The van der Waals surface area contributed by atoms with Crippen LogP contribution in [0.3, 0.4) is 0 Å². The number of hydrogen-bond acceptors (Lipinski definition) is 4. The molecule has 0 radical (unpaired) electrons. The number of amides is 1. The van der Waals surface area contributed by atoms with E-state index in [4.69, 9.17) is 10.00 Å². The van der Waals surface area contributed by atoms with E-state index >= 15 is 0 Å². The van der Waals surface area contributed by atoms with E-state index in [0.717, 1.165) is 5.56 Å². The normalized spacial score (nSPS) is 11.0. The molecule has 0 atom stereocenters. The second kappa shape index (κ2) is 9.35. The highest BCUT2D eigenvalue weighted by molar-refractivity contribution is 6.00. The molecule has 0 fully saturated rings. The third-order valence-corrected chi connectivity index (χ3v) is 3.92. The van der Waals surface area contributed by atoms with Crippen LogP contribution in [0.5, 0.6) is 0 Å². The van der Waals surface area contributed by atoms with Crippen LogP contribution in [0.2, 0.25) is 0 Å². The first kappa shape index (κ1) is 19.9. The molecule has 0 saturated heterocycles. The van der Waals surface area contributed by atoms with E-state index in [1.54, 1.807) is 24.3 Å². The first-order chi connectivity index (χ1) is 12.9. The lowest BCUT2D eigenvalue weighted by Crippen LogP contribution is -2.21. The Morgan fingerprint density at radius 3 is 2.30 bits per heavy atom. The van der Waals surface area contributed by atoms with Gasteiger partial charge in [0.05, 0.1) is 0 Å². The van der Waals surface area contributed by atoms with Crippen molar-refractivity contribution in [3.8, 4) is 6.07 Å². The van der Waals surface area contributed by atoms with Crippen molar-refractivity contribution in [2.45, 2.75) is 26.7 Å². The number of esters is 1. The highest BCUT2D eigenvalue weighted by atomic mass is 16.5. The number of ether oxygens (including phenoxy) is 1. The molecule has 0 aliphatic carbocycles. The number of benzene rings is 2. The molecule has 0 aliphatic heterocycles. The molecule has 138 valence electrons. The summed E-state index contributed by atoms with van der Waals surface area (Å²) in [7, 11) is 0. The van der Waals surface area contributed by atoms with Gasteiger partial charge in [-0.3, -0.25) is 4.79 Å². The lowest BCUT2D eigenvalue weighted by atomic mass is 10.0. The fourth-order valence-electron chi connectivity index (χ4n) is 2.32. The van der Waals surface area contributed by atoms with Crippen LogP contribution in [0.25, 0.3) is 6.08 Å². The zero-order valence-corrected chi connectivity index (χ0v) is 15.7. The van der Waals surface area contributed by atoms with E-state index in [0.29, 0.717) is 17.2 Å². The van der Waals surface area contributed by atoms with Crippen LogP contribution in [0, 0.1) is 18.3 Å². The maximum atomic E-state index is 12.0. The molecule has 2 aromatic carbocycles. The molecule has 5 heteroatoms. The van der Waals surface area contributed by atoms with E-state index in [1.165, 1.54) is 11.6 Å². The van der Waals surface area contributed by atoms with Gasteiger partial charge >= 0.3 is 5.97 Å². The molecule has 27 heavy (non-hydrogen) atoms. The molecule has 5 nitrogen and oxygen atoms in total. The maximum absolute atomic E-state index is 12.0. The topological polar surface area (TPSA) is 79.2 Å². The van der Waals surface area contributed by atoms with Crippen molar-refractivity contribution in [2.24, 2.45) is 0 Å². The Bertz CT molecular complexity index is 873. The predicted molar refractivity (Wildman–Crippen MR) is 105 cm³/mol. The summed E-state index contributed by atoms with van der Waals surface area (Å²) in [6.07, 6.45) is 1.43. The van der Waals surface area contributed by atoms with Crippen molar-refractivity contribution in [1.29, 1.82) is 5.26 Å². The fraction of sp³-hybridized carbons (Fsp3) is 0.227. The number of carbonyl (C=O) groups is 2. The summed E-state index contributed by atoms with van der Waals surface area (Å²) < 4.78 is 4.95. The lowest BCUT2D eigenvalue weighted by molar-refractivity contribution is -0.142. The van der Waals surface area contributed by atoms with Gasteiger partial charge in [0.1, 0.15) is 11.6 Å². The van der Waals surface area contributed by atoms with Gasteiger partial charge in [-0.2, -0.15) is 5.26 Å². The average Bonchev–Trinajstić information content (AvgIpc) is 2.66. The van der Waals surface area contributed by atoms with Crippen molar-refractivity contribution in [1.82, 2.24) is 0 Å². The Hall–Kier alpha value is -3.39. The quantitative estimate of drug-likeness (QED) is 0.474. The smallest absolute Gasteiger partial charge is 0.349 e. The minimum atomic E-state index is -0.830. The number of nitrogens with zero attached hydrogens (tertiary/aromatic N) is 1. The number of carbonyl (C=O) groups excluding carboxylic acids is 2. The van der Waals surface area contributed by atoms with Crippen molar-refractivity contribution in [3.63, 3.8) is 0 Å². The van der Waals surface area contributed by atoms with Crippen LogP contribution in [-0.4, -0.2) is 18.5 Å². The molecule has 0 heterocycles. The van der Waals surface area contributed by atoms with E-state index in [1.807, 2.05) is 37.3 Å². The molecular weight excluding hydrogens is 340 g/mol. The molecule has 2 aromatic rings. The molecule has 1 N–H and O–H groups in total. The summed E-state index contributed by atoms with van der Waals surface area (Å²) in [4.78, 5) is 24.0. The Morgan fingerprint density at radius 1 is 1.11 bits per heavy atom. The molecule has 0 aliphatic rings. The zero-order chi connectivity index (χ0) is 19.8. The Balaban J connectivity index is 1.92. The fourth-order valence-corrected chi connectivity index (χ4v) is 2.32. The highest BCUT2D eigenvalue weighted by Gasteiger charge is 2.13. The molecule has 0 saturated carbocycles. The molecule has 0 aromatic heterocycles. The van der Waals surface area contributed by atoms with Gasteiger partial charge < -0.3 is 10.1 Å². The number of rotatable bonds is 6. The van der Waals surface area contributed by atoms with Crippen LogP contribution >= 0.6 is 0 Å². The van der Waals surface area contributed by atoms with Gasteiger partial charge in [0.15, 0.2) is 6.61 Å². The SMILES string of the molecule is Cc1ccc(/C=C(\C#N)C(=O)OCC(=O)Nc2ccc(C(C)C)cc2)cc1. The molecule has 0 spiro atoms. The van der Waals surface area contributed by atoms with Gasteiger partial charge in [-0.25, -0.2) is 4.79 Å². The summed E-state index contributed by atoms with van der Waals surface area (Å²) in [5.41, 5.74) is 3.42. The minimum absolute atomic E-state index is 0.159. The summed E-state index contributed by atoms with van der Waals surface area (Å²) in [5, 5.41) is 11.8. The van der Waals surface area contributed by atoms with Gasteiger partial charge in [0.2, 0.25) is 0 Å². The van der Waals surface area contributed by atoms with Crippen LogP contribution in [-0.2, 0) is 14.3 Å². The van der Waals surface area contributed by atoms with Gasteiger partial charge in [-0.15, -0.1) is 0 Å². The Kier molecular flexibility index (Phi) is 6.90. The van der Waals surface area contributed by atoms with Crippen LogP contribution in [0.4, 0.5) is 5.69 Å². The standard InChI is InChI=1S/C22H22N2O3/c1-15(2)18-8-10-20(11-9-18)24-21(25)14-27-22(26)19(13-23)12-17-6-4-16(3)5-7-17/h4-12,15H,14H2,1-3H3,(H,24,25)/b19-12+. The van der Waals surface area contributed by atoms with Gasteiger partial charge in [-0.05, 0) is 42.2 Å². The van der Waals surface area contributed by atoms with E-state index in [2.05, 4.69) is 19.2 Å². The van der Waals surface area contributed by atoms with E-state index < -0.39 is 18.5 Å². The number of nitriles is 1. The summed E-state index contributed by atoms with van der Waals surface area (Å²) >= 11 is 0. The summed E-state index contributed by atoms with van der Waals surface area (Å²) in [5.74, 6) is -0.892. The highest BCUT2D eigenvalue weighted by Crippen LogP contribution is 2.17. The zero-order valence-electron chi connectivity index (χ0n) is 15.7. The molecule has 2 rings (SSSR count). The number of anilines is 1. The number of hydrogen-bond donors (Lipinski definition) is 1. The molecule has 1 amide bonds. The number of aryl methyl sites for hydroxylation is 1. The molecule has 0 unspecified atom stereocenters. The second-order valence-electron chi connectivity index (χ2n) is 6.48. The largest absolute Gasteiger partial charge is 0.451 e. The van der Waals surface area contributed by atoms with Crippen molar-refractivity contribution in [2.75, 3.05) is 11.9 Å². The lowest BCUT2D eigenvalue weighted by Gasteiger charge is -2.09. The monoisotopic (exact) mass is 362 g/mol. The Labute approximate surface area is 159 Å². The maximum Gasteiger partial charge on any atom is 0.349 e. The van der Waals surface area contributed by atoms with Gasteiger partial charge in [0.25, 0.3) is 5.91 Å². The van der Waals surface area contributed by atoms with Crippen LogP contribution in [0.15, 0.2) is 54.1 Å². The average molecular weight is 362 g/mol. The molecule has 0 bridgehead atoms. The van der Waals surface area contributed by atoms with E-state index in [-0.39, 0.29) is 5.57 Å². The first-order valence-electron chi connectivity index (χ1n) is 8.64. The first-order valence-corrected chi connectivity index (χ1v) is 8.64. The third kappa shape index (κ3) is 6.12. The van der Waals surface area contributed by atoms with Gasteiger partial charge in [-0.1, -0.05) is 55.8 Å². The van der Waals surface area contributed by atoms with Crippen molar-refractivity contribution >= 4 is 23.6 Å². The summed E-state index contributed by atoms with van der Waals surface area (Å²) in [6.45, 7) is 5.66. The van der Waals surface area contributed by atoms with Crippen LogP contribution in [0.1, 0.15) is 36.5 Å². The van der Waals surface area contributed by atoms with Gasteiger partial charge in [0, 0.05) is 5.69 Å². The van der Waals surface area contributed by atoms with Crippen molar-refractivity contribution < 1.29 is 14.3 Å². The van der Waals surface area contributed by atoms with E-state index in [9.17, 15) is 9.59 Å². The Morgan fingerprint density at radius 2 is 1.74 bits per heavy atom. The van der Waals surface area contributed by atoms with Crippen molar-refractivity contribution in [3.05, 3.63) is 70.8 Å². The second-order valence-corrected chi connectivity index (χ2v) is 6.48. The van der Waals surface area contributed by atoms with Crippen LogP contribution < -0.4 is 5.32 Å². The predicted octanol–water partition coefficient (Wildman–Crippen LogP) is 4.21. The number of nitrogens with one attached hydrogen (secondary N) is 1. The summed E-state index contributed by atoms with van der Waals surface area (Å²) in [6, 6.07) is 16.6. The minimum Gasteiger partial charge on any atom is -0.451 e. The molecular formula is C22H22N2O3.